The molecule has 0 spiro atoms. The highest BCUT2D eigenvalue weighted by Crippen LogP contribution is 2.25. The van der Waals surface area contributed by atoms with Gasteiger partial charge in [0, 0.05) is 25.2 Å². The Labute approximate surface area is 106 Å². The molecule has 2 aliphatic heterocycles. The first kappa shape index (κ1) is 13.3. The Kier molecular flexibility index (Phi) is 4.83. The summed E-state index contributed by atoms with van der Waals surface area (Å²) in [5.74, 6) is 0.892. The quantitative estimate of drug-likeness (QED) is 0.748. The maximum Gasteiger partial charge on any atom is 0.0594 e. The van der Waals surface area contributed by atoms with Gasteiger partial charge in [0.1, 0.15) is 0 Å². The normalized spacial score (nSPS) is 27.5. The summed E-state index contributed by atoms with van der Waals surface area (Å²) >= 11 is 0. The lowest BCUT2D eigenvalue weighted by molar-refractivity contribution is -0.00312. The van der Waals surface area contributed by atoms with Crippen molar-refractivity contribution in [2.24, 2.45) is 5.92 Å². The lowest BCUT2D eigenvalue weighted by Crippen LogP contribution is -2.49. The SMILES string of the molecule is CC(C)N1CCC(C(C)N2CCOCC2)CC1. The van der Waals surface area contributed by atoms with E-state index >= 15 is 0 Å². The van der Waals surface area contributed by atoms with Crippen molar-refractivity contribution in [1.82, 2.24) is 9.80 Å². The minimum Gasteiger partial charge on any atom is -0.379 e. The molecule has 1 atom stereocenters. The lowest BCUT2D eigenvalue weighted by atomic mass is 9.88. The maximum atomic E-state index is 5.44. The Bertz CT molecular complexity index is 218. The fraction of sp³-hybridized carbons (Fsp3) is 1.00. The van der Waals surface area contributed by atoms with Crippen molar-refractivity contribution in [3.63, 3.8) is 0 Å². The van der Waals surface area contributed by atoms with Crippen LogP contribution in [0, 0.1) is 5.92 Å². The molecule has 0 aromatic carbocycles. The highest BCUT2D eigenvalue weighted by Gasteiger charge is 2.28. The second-order valence-electron chi connectivity index (χ2n) is 5.86. The fourth-order valence-corrected chi connectivity index (χ4v) is 3.20. The zero-order chi connectivity index (χ0) is 12.3. The van der Waals surface area contributed by atoms with Gasteiger partial charge in [0.2, 0.25) is 0 Å². The van der Waals surface area contributed by atoms with Crippen LogP contribution in [0.25, 0.3) is 0 Å². The number of nitrogens with zero attached hydrogens (tertiary/aromatic N) is 2. The van der Waals surface area contributed by atoms with E-state index in [1.807, 2.05) is 0 Å². The molecule has 3 heteroatoms. The second-order valence-corrected chi connectivity index (χ2v) is 5.86. The lowest BCUT2D eigenvalue weighted by Gasteiger charge is -2.42. The van der Waals surface area contributed by atoms with Crippen LogP contribution < -0.4 is 0 Å². The Morgan fingerprint density at radius 1 is 0.882 bits per heavy atom. The van der Waals surface area contributed by atoms with Crippen molar-refractivity contribution >= 4 is 0 Å². The first-order valence-electron chi connectivity index (χ1n) is 7.24. The number of rotatable bonds is 3. The Morgan fingerprint density at radius 3 is 2.00 bits per heavy atom. The summed E-state index contributed by atoms with van der Waals surface area (Å²) in [5, 5.41) is 0. The van der Waals surface area contributed by atoms with E-state index in [1.165, 1.54) is 25.9 Å². The van der Waals surface area contributed by atoms with Gasteiger partial charge in [-0.05, 0) is 52.6 Å². The maximum absolute atomic E-state index is 5.44. The third-order valence-electron chi connectivity index (χ3n) is 4.61. The van der Waals surface area contributed by atoms with Gasteiger partial charge in [0.15, 0.2) is 0 Å². The van der Waals surface area contributed by atoms with Gasteiger partial charge in [0.05, 0.1) is 13.2 Å². The molecule has 0 aliphatic carbocycles. The predicted molar refractivity (Wildman–Crippen MR) is 71.3 cm³/mol. The van der Waals surface area contributed by atoms with Gasteiger partial charge in [-0.15, -0.1) is 0 Å². The predicted octanol–water partition coefficient (Wildman–Crippen LogP) is 1.83. The van der Waals surface area contributed by atoms with Gasteiger partial charge in [-0.3, -0.25) is 4.90 Å². The van der Waals surface area contributed by atoms with Crippen LogP contribution in [0.15, 0.2) is 0 Å². The summed E-state index contributed by atoms with van der Waals surface area (Å²) in [6.45, 7) is 13.7. The molecule has 3 nitrogen and oxygen atoms in total. The molecule has 2 heterocycles. The Morgan fingerprint density at radius 2 is 1.47 bits per heavy atom. The van der Waals surface area contributed by atoms with E-state index in [0.717, 1.165) is 44.3 Å². The Balaban J connectivity index is 1.79. The molecular formula is C14H28N2O. The van der Waals surface area contributed by atoms with Crippen LogP contribution in [0.5, 0.6) is 0 Å². The third kappa shape index (κ3) is 3.43. The molecule has 2 fully saturated rings. The zero-order valence-electron chi connectivity index (χ0n) is 11.7. The number of likely N-dealkylation sites (tertiary alicyclic amines) is 1. The molecule has 0 N–H and O–H groups in total. The van der Waals surface area contributed by atoms with Gasteiger partial charge in [-0.2, -0.15) is 0 Å². The van der Waals surface area contributed by atoms with Crippen LogP contribution in [0.1, 0.15) is 33.6 Å². The first-order chi connectivity index (χ1) is 8.18. The zero-order valence-corrected chi connectivity index (χ0v) is 11.7. The van der Waals surface area contributed by atoms with Crippen molar-refractivity contribution in [2.45, 2.75) is 45.7 Å². The number of ether oxygens (including phenoxy) is 1. The van der Waals surface area contributed by atoms with Crippen LogP contribution in [0.2, 0.25) is 0 Å². The highest BCUT2D eigenvalue weighted by molar-refractivity contribution is 4.83. The number of hydrogen-bond donors (Lipinski definition) is 0. The molecule has 0 bridgehead atoms. The minimum atomic E-state index is 0.717. The van der Waals surface area contributed by atoms with Gasteiger partial charge < -0.3 is 9.64 Å². The summed E-state index contributed by atoms with van der Waals surface area (Å²) in [6.07, 6.45) is 2.74. The molecule has 0 radical (unpaired) electrons. The van der Waals surface area contributed by atoms with Gasteiger partial charge >= 0.3 is 0 Å². The molecule has 1 unspecified atom stereocenters. The third-order valence-corrected chi connectivity index (χ3v) is 4.61. The van der Waals surface area contributed by atoms with Crippen molar-refractivity contribution in [3.8, 4) is 0 Å². The van der Waals surface area contributed by atoms with Crippen LogP contribution >= 0.6 is 0 Å². The molecule has 100 valence electrons. The van der Waals surface area contributed by atoms with Crippen molar-refractivity contribution in [3.05, 3.63) is 0 Å². The van der Waals surface area contributed by atoms with Gasteiger partial charge in [0.25, 0.3) is 0 Å². The molecule has 0 aromatic rings. The average molecular weight is 240 g/mol. The van der Waals surface area contributed by atoms with E-state index in [-0.39, 0.29) is 0 Å². The molecule has 2 saturated heterocycles. The molecule has 2 rings (SSSR count). The molecule has 2 aliphatic rings. The molecular weight excluding hydrogens is 212 g/mol. The van der Waals surface area contributed by atoms with E-state index in [9.17, 15) is 0 Å². The smallest absolute Gasteiger partial charge is 0.0594 e. The summed E-state index contributed by atoms with van der Waals surface area (Å²) in [5.41, 5.74) is 0. The van der Waals surface area contributed by atoms with E-state index in [2.05, 4.69) is 30.6 Å². The highest BCUT2D eigenvalue weighted by atomic mass is 16.5. The summed E-state index contributed by atoms with van der Waals surface area (Å²) in [7, 11) is 0. The van der Waals surface area contributed by atoms with E-state index in [1.54, 1.807) is 0 Å². The number of piperidine rings is 1. The largest absolute Gasteiger partial charge is 0.379 e. The Hall–Kier alpha value is -0.120. The molecule has 0 aromatic heterocycles. The molecule has 17 heavy (non-hydrogen) atoms. The van der Waals surface area contributed by atoms with E-state index in [4.69, 9.17) is 4.74 Å². The van der Waals surface area contributed by atoms with Crippen LogP contribution in [0.4, 0.5) is 0 Å². The standard InChI is InChI=1S/C14H28N2O/c1-12(2)15-6-4-14(5-7-15)13(3)16-8-10-17-11-9-16/h12-14H,4-11H2,1-3H3. The monoisotopic (exact) mass is 240 g/mol. The van der Waals surface area contributed by atoms with Crippen molar-refractivity contribution < 1.29 is 4.74 Å². The summed E-state index contributed by atoms with van der Waals surface area (Å²) in [4.78, 5) is 5.24. The van der Waals surface area contributed by atoms with Crippen molar-refractivity contribution in [1.29, 1.82) is 0 Å². The van der Waals surface area contributed by atoms with E-state index in [0.29, 0.717) is 0 Å². The second kappa shape index (κ2) is 6.17. The minimum absolute atomic E-state index is 0.717. The van der Waals surface area contributed by atoms with Crippen molar-refractivity contribution in [2.75, 3.05) is 39.4 Å². The van der Waals surface area contributed by atoms with Crippen LogP contribution in [-0.4, -0.2) is 61.3 Å². The van der Waals surface area contributed by atoms with Gasteiger partial charge in [-0.1, -0.05) is 0 Å². The topological polar surface area (TPSA) is 15.7 Å². The molecule has 0 saturated carbocycles. The van der Waals surface area contributed by atoms with E-state index < -0.39 is 0 Å². The fourth-order valence-electron chi connectivity index (χ4n) is 3.20. The summed E-state index contributed by atoms with van der Waals surface area (Å²) < 4.78 is 5.44. The van der Waals surface area contributed by atoms with Crippen LogP contribution in [0.3, 0.4) is 0 Å². The van der Waals surface area contributed by atoms with Crippen LogP contribution in [-0.2, 0) is 4.74 Å². The first-order valence-corrected chi connectivity index (χ1v) is 7.24. The average Bonchev–Trinajstić information content (AvgIpc) is 2.39. The molecule has 0 amide bonds. The number of hydrogen-bond acceptors (Lipinski definition) is 3. The van der Waals surface area contributed by atoms with Gasteiger partial charge in [-0.25, -0.2) is 0 Å². The summed E-state index contributed by atoms with van der Waals surface area (Å²) in [6, 6.07) is 1.46. The number of morpholine rings is 1.